The molecule has 0 saturated heterocycles. The second-order valence-corrected chi connectivity index (χ2v) is 1.50. The number of rotatable bonds is 0. The summed E-state index contributed by atoms with van der Waals surface area (Å²) in [6.45, 7) is 0. The molecule has 0 spiro atoms. The maximum absolute atomic E-state index is 5.35. The highest BCUT2D eigenvalue weighted by Crippen LogP contribution is 1.87. The molecule has 2 radical (unpaired) electrons. The molecule has 0 fully saturated rings. The molecular formula is C5H5BN2. The minimum absolute atomic E-state index is 0.535. The first-order valence-electron chi connectivity index (χ1n) is 2.25. The molecular weight excluding hydrogens is 98.9 g/mol. The summed E-state index contributed by atoms with van der Waals surface area (Å²) in [4.78, 5) is 3.74. The fraction of sp³-hybridized carbons (Fsp3) is 0. The first-order valence-corrected chi connectivity index (χ1v) is 2.25. The lowest BCUT2D eigenvalue weighted by atomic mass is 9.96. The monoisotopic (exact) mass is 104 g/mol. The van der Waals surface area contributed by atoms with Gasteiger partial charge in [-0.2, -0.15) is 0 Å². The summed E-state index contributed by atoms with van der Waals surface area (Å²) in [7, 11) is 5.35. The number of nitrogen functional groups attached to an aromatic ring is 1. The zero-order valence-corrected chi connectivity index (χ0v) is 4.33. The quantitative estimate of drug-likeness (QED) is 0.449. The number of hydrogen-bond acceptors (Lipinski definition) is 2. The molecule has 1 rings (SSSR count). The van der Waals surface area contributed by atoms with E-state index >= 15 is 0 Å². The highest BCUT2D eigenvalue weighted by molar-refractivity contribution is 6.35. The van der Waals surface area contributed by atoms with Crippen molar-refractivity contribution in [2.24, 2.45) is 0 Å². The molecule has 1 aromatic heterocycles. The largest absolute Gasteiger partial charge is 0.398 e. The zero-order valence-electron chi connectivity index (χ0n) is 4.33. The summed E-state index contributed by atoms with van der Waals surface area (Å²) in [5.41, 5.74) is 6.45. The Labute approximate surface area is 49.1 Å². The van der Waals surface area contributed by atoms with Crippen LogP contribution in [0, 0.1) is 0 Å². The van der Waals surface area contributed by atoms with Crippen molar-refractivity contribution < 1.29 is 0 Å². The second-order valence-electron chi connectivity index (χ2n) is 1.50. The van der Waals surface area contributed by atoms with Crippen molar-refractivity contribution >= 4 is 19.0 Å². The molecule has 3 heteroatoms. The fourth-order valence-electron chi connectivity index (χ4n) is 0.417. The molecule has 1 heterocycles. The van der Waals surface area contributed by atoms with Gasteiger partial charge in [0.1, 0.15) is 7.85 Å². The van der Waals surface area contributed by atoms with Crippen LogP contribution in [0.1, 0.15) is 0 Å². The number of hydrogen-bond donors (Lipinski definition) is 1. The van der Waals surface area contributed by atoms with Crippen LogP contribution in [-0.2, 0) is 0 Å². The number of pyridine rings is 1. The number of nitrogens with zero attached hydrogens (tertiary/aromatic N) is 1. The lowest BCUT2D eigenvalue weighted by Crippen LogP contribution is -2.08. The molecule has 0 aliphatic heterocycles. The van der Waals surface area contributed by atoms with E-state index in [1.165, 1.54) is 6.20 Å². The molecule has 2 N–H and O–H groups in total. The number of nitrogens with two attached hydrogens (primary N) is 1. The molecule has 0 atom stereocenters. The summed E-state index contributed by atoms with van der Waals surface area (Å²) >= 11 is 0. The predicted molar refractivity (Wildman–Crippen MR) is 34.0 cm³/mol. The zero-order chi connectivity index (χ0) is 5.98. The predicted octanol–water partition coefficient (Wildman–Crippen LogP) is -0.542. The van der Waals surface area contributed by atoms with Gasteiger partial charge in [-0.25, -0.2) is 0 Å². The molecule has 0 aliphatic carbocycles. The third-order valence-electron chi connectivity index (χ3n) is 0.887. The van der Waals surface area contributed by atoms with Crippen LogP contribution in [0.3, 0.4) is 0 Å². The van der Waals surface area contributed by atoms with Gasteiger partial charge in [-0.15, -0.1) is 0 Å². The Kier molecular flexibility index (Phi) is 1.20. The summed E-state index contributed by atoms with van der Waals surface area (Å²) < 4.78 is 0. The van der Waals surface area contributed by atoms with Crippen molar-refractivity contribution in [2.75, 3.05) is 5.73 Å². The van der Waals surface area contributed by atoms with Gasteiger partial charge in [-0.1, -0.05) is 5.46 Å². The smallest absolute Gasteiger partial charge is 0.116 e. The lowest BCUT2D eigenvalue weighted by molar-refractivity contribution is 1.35. The van der Waals surface area contributed by atoms with Gasteiger partial charge in [-0.3, -0.25) is 4.98 Å². The summed E-state index contributed by atoms with van der Waals surface area (Å²) in [5.74, 6) is 0. The van der Waals surface area contributed by atoms with Crippen LogP contribution in [0.5, 0.6) is 0 Å². The van der Waals surface area contributed by atoms with E-state index in [1.54, 1.807) is 12.3 Å². The number of aromatic nitrogens is 1. The van der Waals surface area contributed by atoms with E-state index in [-0.39, 0.29) is 0 Å². The second kappa shape index (κ2) is 1.86. The van der Waals surface area contributed by atoms with Crippen LogP contribution in [0.15, 0.2) is 18.5 Å². The summed E-state index contributed by atoms with van der Waals surface area (Å²) in [6.07, 6.45) is 3.13. The van der Waals surface area contributed by atoms with Crippen molar-refractivity contribution in [1.29, 1.82) is 0 Å². The van der Waals surface area contributed by atoms with E-state index in [4.69, 9.17) is 13.6 Å². The average Bonchev–Trinajstić information content (AvgIpc) is 1.77. The maximum atomic E-state index is 5.35. The SMILES string of the molecule is [B]c1ccncc1N. The van der Waals surface area contributed by atoms with Gasteiger partial charge in [0, 0.05) is 18.1 Å². The molecule has 0 saturated carbocycles. The van der Waals surface area contributed by atoms with Gasteiger partial charge in [0.25, 0.3) is 0 Å². The minimum atomic E-state index is 0.535. The molecule has 8 heavy (non-hydrogen) atoms. The van der Waals surface area contributed by atoms with Crippen LogP contribution in [-0.4, -0.2) is 12.8 Å². The lowest BCUT2D eigenvalue weighted by Gasteiger charge is -1.93. The standard InChI is InChI=1S/C5H5BN2/c6-4-1-2-8-3-5(4)7/h1-3H,7H2. The molecule has 2 nitrogen and oxygen atoms in total. The molecule has 0 unspecified atom stereocenters. The maximum Gasteiger partial charge on any atom is 0.116 e. The third-order valence-corrected chi connectivity index (χ3v) is 0.887. The Balaban J connectivity index is 3.13. The van der Waals surface area contributed by atoms with Gasteiger partial charge in [-0.05, 0) is 6.07 Å². The van der Waals surface area contributed by atoms with Crippen LogP contribution in [0.25, 0.3) is 0 Å². The Morgan fingerprint density at radius 1 is 1.62 bits per heavy atom. The van der Waals surface area contributed by atoms with E-state index in [1.807, 2.05) is 0 Å². The normalized spacial score (nSPS) is 9.00. The topological polar surface area (TPSA) is 38.9 Å². The molecule has 0 amide bonds. The Hall–Kier alpha value is -0.985. The van der Waals surface area contributed by atoms with Crippen molar-refractivity contribution in [2.45, 2.75) is 0 Å². The molecule has 1 aromatic rings. The highest BCUT2D eigenvalue weighted by Gasteiger charge is 1.85. The summed E-state index contributed by atoms with van der Waals surface area (Å²) in [6, 6.07) is 1.66. The van der Waals surface area contributed by atoms with E-state index in [0.717, 1.165) is 0 Å². The molecule has 0 aromatic carbocycles. The van der Waals surface area contributed by atoms with Gasteiger partial charge < -0.3 is 5.73 Å². The highest BCUT2D eigenvalue weighted by atomic mass is 14.7. The number of anilines is 1. The Morgan fingerprint density at radius 2 is 2.38 bits per heavy atom. The fourth-order valence-corrected chi connectivity index (χ4v) is 0.417. The van der Waals surface area contributed by atoms with Gasteiger partial charge in [0.05, 0.1) is 0 Å². The molecule has 0 bridgehead atoms. The minimum Gasteiger partial charge on any atom is -0.398 e. The van der Waals surface area contributed by atoms with Gasteiger partial charge in [0.15, 0.2) is 0 Å². The Morgan fingerprint density at radius 3 is 2.75 bits per heavy atom. The average molecular weight is 104 g/mol. The van der Waals surface area contributed by atoms with Crippen molar-refractivity contribution in [3.8, 4) is 0 Å². The first kappa shape index (κ1) is 5.16. The van der Waals surface area contributed by atoms with E-state index in [0.29, 0.717) is 11.2 Å². The van der Waals surface area contributed by atoms with E-state index in [2.05, 4.69) is 4.98 Å². The van der Waals surface area contributed by atoms with Crippen LogP contribution in [0.2, 0.25) is 0 Å². The van der Waals surface area contributed by atoms with Crippen LogP contribution < -0.4 is 11.2 Å². The van der Waals surface area contributed by atoms with Gasteiger partial charge in [0.2, 0.25) is 0 Å². The third kappa shape index (κ3) is 0.806. The molecule has 38 valence electrons. The van der Waals surface area contributed by atoms with E-state index < -0.39 is 0 Å². The molecule has 0 aliphatic rings. The van der Waals surface area contributed by atoms with Crippen LogP contribution in [0.4, 0.5) is 5.69 Å². The summed E-state index contributed by atoms with van der Waals surface area (Å²) in [5, 5.41) is 0. The van der Waals surface area contributed by atoms with Crippen molar-refractivity contribution in [1.82, 2.24) is 4.98 Å². The van der Waals surface area contributed by atoms with Gasteiger partial charge >= 0.3 is 0 Å². The van der Waals surface area contributed by atoms with Crippen molar-refractivity contribution in [3.05, 3.63) is 18.5 Å². The van der Waals surface area contributed by atoms with E-state index in [9.17, 15) is 0 Å². The van der Waals surface area contributed by atoms with Crippen molar-refractivity contribution in [3.63, 3.8) is 0 Å². The first-order chi connectivity index (χ1) is 3.80. The Bertz CT molecular complexity index is 167. The van der Waals surface area contributed by atoms with Crippen LogP contribution >= 0.6 is 0 Å².